The monoisotopic (exact) mass is 521 g/mol. The van der Waals surface area contributed by atoms with E-state index in [4.69, 9.17) is 11.2 Å². The highest BCUT2D eigenvalue weighted by Crippen LogP contribution is 2.27. The summed E-state index contributed by atoms with van der Waals surface area (Å²) >= 11 is 0. The number of nitrogens with one attached hydrogen (secondary N) is 2. The van der Waals surface area contributed by atoms with Crippen molar-refractivity contribution in [2.45, 2.75) is 65.6 Å². The molecule has 0 aliphatic carbocycles. The van der Waals surface area contributed by atoms with Crippen LogP contribution in [0.15, 0.2) is 48.5 Å². The van der Waals surface area contributed by atoms with Gasteiger partial charge in [0, 0.05) is 17.8 Å². The molecule has 0 saturated carbocycles. The third-order valence-electron chi connectivity index (χ3n) is 6.13. The summed E-state index contributed by atoms with van der Waals surface area (Å²) < 4.78 is 5.39. The molecule has 3 N–H and O–H groups in total. The average molecular weight is 522 g/mol. The molecule has 38 heavy (non-hydrogen) atoms. The number of ether oxygens (including phenoxy) is 1. The summed E-state index contributed by atoms with van der Waals surface area (Å²) in [6.07, 6.45) is 5.35. The molecule has 0 fully saturated rings. The lowest BCUT2D eigenvalue weighted by Crippen LogP contribution is -2.55. The zero-order valence-electron chi connectivity index (χ0n) is 23.1. The fourth-order valence-corrected chi connectivity index (χ4v) is 3.92. The minimum Gasteiger partial charge on any atom is -0.444 e. The number of para-hydroxylation sites is 1. The van der Waals surface area contributed by atoms with Crippen LogP contribution < -0.4 is 10.6 Å². The van der Waals surface area contributed by atoms with Gasteiger partial charge in [0.1, 0.15) is 17.7 Å². The number of anilines is 1. The third kappa shape index (κ3) is 8.35. The lowest BCUT2D eigenvalue weighted by Gasteiger charge is -2.35. The van der Waals surface area contributed by atoms with E-state index in [9.17, 15) is 19.5 Å². The molecule has 2 rings (SSSR count). The molecule has 0 spiro atoms. The van der Waals surface area contributed by atoms with Crippen molar-refractivity contribution in [1.29, 1.82) is 0 Å². The molecule has 0 bridgehead atoms. The van der Waals surface area contributed by atoms with Crippen molar-refractivity contribution < 1.29 is 24.2 Å². The second kappa shape index (κ2) is 13.6. The lowest BCUT2D eigenvalue weighted by molar-refractivity contribution is -0.142. The summed E-state index contributed by atoms with van der Waals surface area (Å²) in [5, 5.41) is 15.5. The Morgan fingerprint density at radius 3 is 2.26 bits per heavy atom. The van der Waals surface area contributed by atoms with E-state index in [2.05, 4.69) is 16.6 Å². The number of aliphatic hydroxyl groups is 1. The number of aryl methyl sites for hydroxylation is 1. The summed E-state index contributed by atoms with van der Waals surface area (Å²) in [5.74, 6) is 1.30. The summed E-state index contributed by atoms with van der Waals surface area (Å²) in [7, 11) is 0. The first kappa shape index (κ1) is 30.4. The Balaban J connectivity index is 2.54. The quantitative estimate of drug-likeness (QED) is 0.401. The number of benzene rings is 2. The first-order valence-corrected chi connectivity index (χ1v) is 12.8. The number of carbonyl (C=O) groups excluding carboxylic acids is 3. The van der Waals surface area contributed by atoms with Crippen molar-refractivity contribution in [3.8, 4) is 12.3 Å². The van der Waals surface area contributed by atoms with Crippen LogP contribution in [0.25, 0.3) is 0 Å². The molecular weight excluding hydrogens is 482 g/mol. The molecule has 8 heteroatoms. The highest BCUT2D eigenvalue weighted by Gasteiger charge is 2.38. The Morgan fingerprint density at radius 2 is 1.74 bits per heavy atom. The molecular formula is C30H39N3O5. The topological polar surface area (TPSA) is 108 Å². The molecule has 0 aliphatic heterocycles. The molecule has 0 saturated heterocycles. The number of hydrogen-bond acceptors (Lipinski definition) is 5. The van der Waals surface area contributed by atoms with Crippen LogP contribution >= 0.6 is 0 Å². The van der Waals surface area contributed by atoms with Crippen LogP contribution in [0.4, 0.5) is 10.5 Å². The van der Waals surface area contributed by atoms with Crippen LogP contribution in [0.5, 0.6) is 0 Å². The number of hydrogen-bond donors (Lipinski definition) is 3. The zero-order chi connectivity index (χ0) is 28.5. The second-order valence-electron chi connectivity index (χ2n) is 10.2. The predicted molar refractivity (Wildman–Crippen MR) is 148 cm³/mol. The van der Waals surface area contributed by atoms with Crippen molar-refractivity contribution in [2.24, 2.45) is 5.92 Å². The van der Waals surface area contributed by atoms with E-state index in [1.807, 2.05) is 32.9 Å². The number of nitrogens with zero attached hydrogens (tertiary/aromatic N) is 1. The van der Waals surface area contributed by atoms with Crippen molar-refractivity contribution in [2.75, 3.05) is 18.5 Å². The minimum absolute atomic E-state index is 0.134. The summed E-state index contributed by atoms with van der Waals surface area (Å²) in [4.78, 5) is 41.7. The number of terminal acetylenes is 1. The first-order valence-electron chi connectivity index (χ1n) is 12.8. The van der Waals surface area contributed by atoms with E-state index in [-0.39, 0.29) is 19.1 Å². The Morgan fingerprint density at radius 1 is 1.11 bits per heavy atom. The molecule has 3 atom stereocenters. The Kier molecular flexibility index (Phi) is 10.9. The lowest BCUT2D eigenvalue weighted by atomic mass is 9.95. The van der Waals surface area contributed by atoms with E-state index in [0.29, 0.717) is 23.2 Å². The van der Waals surface area contributed by atoms with Crippen molar-refractivity contribution in [1.82, 2.24) is 10.2 Å². The van der Waals surface area contributed by atoms with Gasteiger partial charge in [-0.1, -0.05) is 56.5 Å². The first-order chi connectivity index (χ1) is 17.9. The maximum Gasteiger partial charge on any atom is 0.408 e. The summed E-state index contributed by atoms with van der Waals surface area (Å²) in [6, 6.07) is 12.0. The van der Waals surface area contributed by atoms with Crippen LogP contribution in [0.2, 0.25) is 0 Å². The van der Waals surface area contributed by atoms with Gasteiger partial charge in [0.15, 0.2) is 0 Å². The van der Waals surface area contributed by atoms with Crippen LogP contribution in [-0.2, 0) is 14.3 Å². The normalized spacial score (nSPS) is 13.4. The number of alkyl carbamates (subject to hydrolysis) is 1. The van der Waals surface area contributed by atoms with Gasteiger partial charge < -0.3 is 25.4 Å². The van der Waals surface area contributed by atoms with Crippen LogP contribution in [0, 0.1) is 25.2 Å². The van der Waals surface area contributed by atoms with Gasteiger partial charge in [-0.15, -0.1) is 6.42 Å². The third-order valence-corrected chi connectivity index (χ3v) is 6.13. The molecule has 0 aliphatic rings. The molecule has 0 heterocycles. The maximum atomic E-state index is 14.0. The highest BCUT2D eigenvalue weighted by atomic mass is 16.6. The van der Waals surface area contributed by atoms with Crippen LogP contribution in [0.3, 0.4) is 0 Å². The number of amides is 3. The fourth-order valence-electron chi connectivity index (χ4n) is 3.92. The summed E-state index contributed by atoms with van der Waals surface area (Å²) in [5.41, 5.74) is 1.83. The largest absolute Gasteiger partial charge is 0.444 e. The van der Waals surface area contributed by atoms with Gasteiger partial charge in [-0.2, -0.15) is 0 Å². The minimum atomic E-state index is -1.10. The van der Waals surface area contributed by atoms with E-state index >= 15 is 0 Å². The maximum absolute atomic E-state index is 14.0. The molecule has 2 aromatic rings. The van der Waals surface area contributed by atoms with Crippen LogP contribution in [-0.4, -0.2) is 52.7 Å². The number of aliphatic hydroxyl groups excluding tert-OH is 1. The zero-order valence-corrected chi connectivity index (χ0v) is 23.1. The Labute approximate surface area is 225 Å². The molecule has 8 nitrogen and oxygen atoms in total. The molecule has 0 radical (unpaired) electrons. The SMILES string of the molecule is C#Cc1ccc(C(C(=O)Nc2ccccc2C)N(CCO)C(=O)C(NC(=O)OC(C)(C)C)C(C)CC)cc1. The molecule has 2 aromatic carbocycles. The molecule has 0 aromatic heterocycles. The van der Waals surface area contributed by atoms with Crippen molar-refractivity contribution >= 4 is 23.6 Å². The van der Waals surface area contributed by atoms with Crippen molar-refractivity contribution in [3.05, 3.63) is 65.2 Å². The smallest absolute Gasteiger partial charge is 0.408 e. The van der Waals surface area contributed by atoms with E-state index in [1.54, 1.807) is 57.2 Å². The predicted octanol–water partition coefficient (Wildman–Crippen LogP) is 4.42. The molecule has 3 amide bonds. The van der Waals surface area contributed by atoms with E-state index in [0.717, 1.165) is 5.56 Å². The van der Waals surface area contributed by atoms with Crippen molar-refractivity contribution in [3.63, 3.8) is 0 Å². The van der Waals surface area contributed by atoms with Gasteiger partial charge in [-0.25, -0.2) is 4.79 Å². The Bertz CT molecular complexity index is 1150. The average Bonchev–Trinajstić information content (AvgIpc) is 2.87. The van der Waals surface area contributed by atoms with E-state index in [1.165, 1.54) is 4.90 Å². The number of carbonyl (C=O) groups is 3. The molecule has 3 unspecified atom stereocenters. The molecule has 204 valence electrons. The van der Waals surface area contributed by atoms with Gasteiger partial charge in [-0.3, -0.25) is 9.59 Å². The second-order valence-corrected chi connectivity index (χ2v) is 10.2. The summed E-state index contributed by atoms with van der Waals surface area (Å²) in [6.45, 7) is 10.3. The number of rotatable bonds is 10. The van der Waals surface area contributed by atoms with Gasteiger partial charge >= 0.3 is 6.09 Å². The van der Waals surface area contributed by atoms with Gasteiger partial charge in [-0.05, 0) is 62.9 Å². The van der Waals surface area contributed by atoms with Gasteiger partial charge in [0.25, 0.3) is 5.91 Å². The van der Waals surface area contributed by atoms with Crippen LogP contribution in [0.1, 0.15) is 63.8 Å². The van der Waals surface area contributed by atoms with Gasteiger partial charge in [0.05, 0.1) is 6.61 Å². The van der Waals surface area contributed by atoms with E-state index < -0.39 is 35.6 Å². The Hall–Kier alpha value is -3.83. The fraction of sp³-hybridized carbons (Fsp3) is 0.433. The van der Waals surface area contributed by atoms with Gasteiger partial charge in [0.2, 0.25) is 5.91 Å². The standard InChI is InChI=1S/C30H39N3O5/c1-8-20(3)25(32-29(37)38-30(5,6)7)28(36)33(18-19-34)26(23-16-14-22(9-2)15-17-23)27(35)31-24-13-11-10-12-21(24)4/h2,10-17,20,25-26,34H,8,18-19H2,1,3-7H3,(H,31,35)(H,32,37). The highest BCUT2D eigenvalue weighted by molar-refractivity contribution is 5.99.